The lowest BCUT2D eigenvalue weighted by Crippen LogP contribution is -2.40. The van der Waals surface area contributed by atoms with Crippen LogP contribution in [0.15, 0.2) is 64.4 Å². The van der Waals surface area contributed by atoms with Gasteiger partial charge in [0.25, 0.3) is 0 Å². The number of amides is 1. The van der Waals surface area contributed by atoms with Gasteiger partial charge in [0.15, 0.2) is 0 Å². The van der Waals surface area contributed by atoms with Gasteiger partial charge in [-0.1, -0.05) is 48.2 Å². The molecule has 1 aliphatic rings. The molecule has 0 aliphatic carbocycles. The number of rotatable bonds is 5. The van der Waals surface area contributed by atoms with Crippen molar-refractivity contribution in [2.75, 3.05) is 6.54 Å². The maximum atomic E-state index is 12.1. The molecule has 1 amide bonds. The lowest BCUT2D eigenvalue weighted by molar-refractivity contribution is -0.122. The molecular formula is C18H21ClN2OS. The van der Waals surface area contributed by atoms with Crippen molar-refractivity contribution in [3.63, 3.8) is 0 Å². The Kier molecular flexibility index (Phi) is 6.96. The highest BCUT2D eigenvalue weighted by molar-refractivity contribution is 7.99. The summed E-state index contributed by atoms with van der Waals surface area (Å²) in [6, 6.07) is 18.5. The van der Waals surface area contributed by atoms with E-state index in [1.165, 1.54) is 9.79 Å². The molecule has 0 radical (unpaired) electrons. The van der Waals surface area contributed by atoms with E-state index >= 15 is 0 Å². The summed E-state index contributed by atoms with van der Waals surface area (Å²) < 4.78 is 0. The van der Waals surface area contributed by atoms with Crippen LogP contribution in [-0.2, 0) is 11.3 Å². The maximum absolute atomic E-state index is 12.1. The third-order valence-electron chi connectivity index (χ3n) is 3.77. The SMILES string of the molecule is Cl.O=C(NCc1ccccc1Sc1ccccc1)C1CCCN1. The van der Waals surface area contributed by atoms with Crippen LogP contribution in [0.25, 0.3) is 0 Å². The van der Waals surface area contributed by atoms with Crippen LogP contribution in [0.1, 0.15) is 18.4 Å². The van der Waals surface area contributed by atoms with Crippen LogP contribution in [0.3, 0.4) is 0 Å². The topological polar surface area (TPSA) is 41.1 Å². The fraction of sp³-hybridized carbons (Fsp3) is 0.278. The van der Waals surface area contributed by atoms with Crippen LogP contribution in [0.5, 0.6) is 0 Å². The zero-order chi connectivity index (χ0) is 15.2. The minimum Gasteiger partial charge on any atom is -0.351 e. The molecule has 1 atom stereocenters. The predicted molar refractivity (Wildman–Crippen MR) is 97.1 cm³/mol. The molecule has 0 spiro atoms. The largest absolute Gasteiger partial charge is 0.351 e. The monoisotopic (exact) mass is 348 g/mol. The fourth-order valence-electron chi connectivity index (χ4n) is 2.58. The Hall–Kier alpha value is -1.49. The van der Waals surface area contributed by atoms with E-state index in [0.717, 1.165) is 24.9 Å². The van der Waals surface area contributed by atoms with E-state index in [1.807, 2.05) is 30.3 Å². The zero-order valence-electron chi connectivity index (χ0n) is 12.8. The number of hydrogen-bond donors (Lipinski definition) is 2. The van der Waals surface area contributed by atoms with Gasteiger partial charge in [-0.3, -0.25) is 4.79 Å². The standard InChI is InChI=1S/C18H20N2OS.ClH/c21-18(16-10-6-12-19-16)20-13-14-7-4-5-11-17(14)22-15-8-2-1-3-9-15;/h1-5,7-9,11,16,19H,6,10,12-13H2,(H,20,21);1H. The van der Waals surface area contributed by atoms with Gasteiger partial charge in [-0.15, -0.1) is 12.4 Å². The molecule has 2 N–H and O–H groups in total. The van der Waals surface area contributed by atoms with Crippen LogP contribution >= 0.6 is 24.2 Å². The van der Waals surface area contributed by atoms with Gasteiger partial charge in [0.2, 0.25) is 5.91 Å². The molecule has 0 aromatic heterocycles. The first-order chi connectivity index (χ1) is 10.8. The minimum absolute atomic E-state index is 0. The van der Waals surface area contributed by atoms with E-state index in [-0.39, 0.29) is 24.4 Å². The van der Waals surface area contributed by atoms with Crippen molar-refractivity contribution in [2.45, 2.75) is 35.2 Å². The molecule has 1 fully saturated rings. The molecule has 2 aromatic carbocycles. The van der Waals surface area contributed by atoms with Gasteiger partial charge >= 0.3 is 0 Å². The highest BCUT2D eigenvalue weighted by atomic mass is 35.5. The van der Waals surface area contributed by atoms with Crippen LogP contribution in [0.2, 0.25) is 0 Å². The highest BCUT2D eigenvalue weighted by Gasteiger charge is 2.21. The van der Waals surface area contributed by atoms with E-state index in [4.69, 9.17) is 0 Å². The van der Waals surface area contributed by atoms with Crippen molar-refractivity contribution in [1.82, 2.24) is 10.6 Å². The van der Waals surface area contributed by atoms with Crippen molar-refractivity contribution < 1.29 is 4.79 Å². The van der Waals surface area contributed by atoms with Crippen LogP contribution in [0.4, 0.5) is 0 Å². The average Bonchev–Trinajstić information content (AvgIpc) is 3.09. The second-order valence-electron chi connectivity index (χ2n) is 5.39. The van der Waals surface area contributed by atoms with Crippen LogP contribution in [0, 0.1) is 0 Å². The molecule has 1 saturated heterocycles. The normalized spacial score (nSPS) is 16.6. The molecule has 1 unspecified atom stereocenters. The Balaban J connectivity index is 0.00000192. The summed E-state index contributed by atoms with van der Waals surface area (Å²) in [4.78, 5) is 14.5. The Morgan fingerprint density at radius 3 is 2.61 bits per heavy atom. The molecule has 3 rings (SSSR count). The van der Waals surface area contributed by atoms with Gasteiger partial charge in [-0.2, -0.15) is 0 Å². The van der Waals surface area contributed by atoms with Gasteiger partial charge < -0.3 is 10.6 Å². The molecule has 3 nitrogen and oxygen atoms in total. The Morgan fingerprint density at radius 2 is 1.87 bits per heavy atom. The summed E-state index contributed by atoms with van der Waals surface area (Å²) in [7, 11) is 0. The number of nitrogens with one attached hydrogen (secondary N) is 2. The van der Waals surface area contributed by atoms with Crippen molar-refractivity contribution >= 4 is 30.1 Å². The number of carbonyl (C=O) groups excluding carboxylic acids is 1. The lowest BCUT2D eigenvalue weighted by Gasteiger charge is -2.13. The van der Waals surface area contributed by atoms with Gasteiger partial charge in [-0.05, 0) is 43.1 Å². The second kappa shape index (κ2) is 8.96. The van der Waals surface area contributed by atoms with E-state index in [1.54, 1.807) is 11.8 Å². The smallest absolute Gasteiger partial charge is 0.237 e. The van der Waals surface area contributed by atoms with E-state index < -0.39 is 0 Å². The summed E-state index contributed by atoms with van der Waals surface area (Å²) in [5, 5.41) is 6.28. The summed E-state index contributed by atoms with van der Waals surface area (Å²) in [5.41, 5.74) is 1.16. The molecule has 0 saturated carbocycles. The first-order valence-corrected chi connectivity index (χ1v) is 8.46. The average molecular weight is 349 g/mol. The number of halogens is 1. The van der Waals surface area contributed by atoms with Gasteiger partial charge in [0.1, 0.15) is 0 Å². The zero-order valence-corrected chi connectivity index (χ0v) is 14.5. The first-order valence-electron chi connectivity index (χ1n) is 7.65. The number of hydrogen-bond acceptors (Lipinski definition) is 3. The quantitative estimate of drug-likeness (QED) is 0.867. The summed E-state index contributed by atoms with van der Waals surface area (Å²) in [5.74, 6) is 0.108. The van der Waals surface area contributed by atoms with Crippen LogP contribution < -0.4 is 10.6 Å². The number of carbonyl (C=O) groups is 1. The third kappa shape index (κ3) is 4.99. The second-order valence-corrected chi connectivity index (χ2v) is 6.50. The van der Waals surface area contributed by atoms with Gasteiger partial charge in [-0.25, -0.2) is 0 Å². The summed E-state index contributed by atoms with van der Waals surface area (Å²) >= 11 is 1.73. The molecule has 1 heterocycles. The summed E-state index contributed by atoms with van der Waals surface area (Å²) in [6.45, 7) is 1.52. The van der Waals surface area contributed by atoms with Crippen molar-refractivity contribution in [2.24, 2.45) is 0 Å². The van der Waals surface area contributed by atoms with Crippen molar-refractivity contribution in [1.29, 1.82) is 0 Å². The van der Waals surface area contributed by atoms with Crippen molar-refractivity contribution in [3.05, 3.63) is 60.2 Å². The number of benzene rings is 2. The van der Waals surface area contributed by atoms with Gasteiger partial charge in [0, 0.05) is 16.3 Å². The van der Waals surface area contributed by atoms with E-state index in [0.29, 0.717) is 6.54 Å². The van der Waals surface area contributed by atoms with E-state index in [9.17, 15) is 4.79 Å². The molecule has 0 bridgehead atoms. The molecule has 122 valence electrons. The molecule has 5 heteroatoms. The maximum Gasteiger partial charge on any atom is 0.237 e. The molecule has 2 aromatic rings. The Labute approximate surface area is 147 Å². The van der Waals surface area contributed by atoms with E-state index in [2.05, 4.69) is 34.9 Å². The summed E-state index contributed by atoms with van der Waals surface area (Å²) in [6.07, 6.45) is 2.02. The molecule has 1 aliphatic heterocycles. The molecule has 23 heavy (non-hydrogen) atoms. The van der Waals surface area contributed by atoms with Gasteiger partial charge in [0.05, 0.1) is 6.04 Å². The van der Waals surface area contributed by atoms with Crippen molar-refractivity contribution in [3.8, 4) is 0 Å². The first kappa shape index (κ1) is 17.9. The fourth-order valence-corrected chi connectivity index (χ4v) is 3.54. The Morgan fingerprint density at radius 1 is 1.13 bits per heavy atom. The predicted octanol–water partition coefficient (Wildman–Crippen LogP) is 3.63. The molecular weight excluding hydrogens is 328 g/mol. The van der Waals surface area contributed by atoms with Crippen LogP contribution in [-0.4, -0.2) is 18.5 Å². The minimum atomic E-state index is -0.0195. The highest BCUT2D eigenvalue weighted by Crippen LogP contribution is 2.30. The Bertz CT molecular complexity index is 630. The lowest BCUT2D eigenvalue weighted by atomic mass is 10.2. The third-order valence-corrected chi connectivity index (χ3v) is 4.90.